The summed E-state index contributed by atoms with van der Waals surface area (Å²) in [6, 6.07) is 61.2. The lowest BCUT2D eigenvalue weighted by Crippen LogP contribution is -2.55. The van der Waals surface area contributed by atoms with Gasteiger partial charge < -0.3 is 4.90 Å². The van der Waals surface area contributed by atoms with Gasteiger partial charge in [-0.15, -0.1) is 0 Å². The summed E-state index contributed by atoms with van der Waals surface area (Å²) in [4.78, 5) is 2.43. The molecule has 4 saturated carbocycles. The predicted molar refractivity (Wildman–Crippen MR) is 213 cm³/mol. The van der Waals surface area contributed by atoms with E-state index in [1.165, 1.54) is 81.9 Å². The summed E-state index contributed by atoms with van der Waals surface area (Å²) in [6.07, 6.45) is 7.13. The van der Waals surface area contributed by atoms with Gasteiger partial charge in [0.2, 0.25) is 0 Å². The van der Waals surface area contributed by atoms with E-state index in [2.05, 4.69) is 169 Å². The third-order valence-corrected chi connectivity index (χ3v) is 13.3. The average Bonchev–Trinajstić information content (AvgIpc) is 3.49. The molecule has 1 spiro atoms. The van der Waals surface area contributed by atoms with Crippen LogP contribution in [0.3, 0.4) is 0 Å². The summed E-state index contributed by atoms with van der Waals surface area (Å²) < 4.78 is 0. The molecule has 0 aliphatic heterocycles. The Labute approximate surface area is 301 Å². The van der Waals surface area contributed by atoms with Crippen molar-refractivity contribution in [1.29, 1.82) is 0 Å². The minimum Gasteiger partial charge on any atom is -0.310 e. The third-order valence-electron chi connectivity index (χ3n) is 13.3. The second-order valence-corrected chi connectivity index (χ2v) is 15.7. The molecule has 4 fully saturated rings. The molecule has 0 atom stereocenters. The predicted octanol–water partition coefficient (Wildman–Crippen LogP) is 13.4. The van der Waals surface area contributed by atoms with Crippen molar-refractivity contribution in [3.8, 4) is 33.4 Å². The Morgan fingerprint density at radius 1 is 0.412 bits per heavy atom. The first-order valence-electron chi connectivity index (χ1n) is 19.0. The van der Waals surface area contributed by atoms with E-state index in [9.17, 15) is 0 Å². The van der Waals surface area contributed by atoms with Crippen LogP contribution in [0.15, 0.2) is 164 Å². The number of rotatable bonds is 5. The minimum atomic E-state index is 0.187. The number of fused-ring (bicyclic) bond motifs is 4. The van der Waals surface area contributed by atoms with E-state index in [-0.39, 0.29) is 5.41 Å². The maximum atomic E-state index is 2.51. The molecule has 0 unspecified atom stereocenters. The number of hydrogen-bond donors (Lipinski definition) is 0. The minimum absolute atomic E-state index is 0.187. The molecule has 0 heterocycles. The normalized spacial score (nSPS) is 23.8. The molecule has 0 N–H and O–H groups in total. The van der Waals surface area contributed by atoms with Crippen LogP contribution in [0.4, 0.5) is 17.1 Å². The summed E-state index contributed by atoms with van der Waals surface area (Å²) in [5.41, 5.74) is 15.0. The summed E-state index contributed by atoms with van der Waals surface area (Å²) >= 11 is 0. The van der Waals surface area contributed by atoms with E-state index in [1.807, 2.05) is 0 Å². The zero-order chi connectivity index (χ0) is 33.5. The molecule has 0 radical (unpaired) electrons. The van der Waals surface area contributed by atoms with E-state index in [0.29, 0.717) is 0 Å². The van der Waals surface area contributed by atoms with Crippen LogP contribution >= 0.6 is 0 Å². The molecule has 12 rings (SSSR count). The highest BCUT2D eigenvalue weighted by Gasteiger charge is 2.61. The average molecular weight is 656 g/mol. The number of hydrogen-bond acceptors (Lipinski definition) is 1. The van der Waals surface area contributed by atoms with Crippen LogP contribution < -0.4 is 4.90 Å². The van der Waals surface area contributed by atoms with E-state index < -0.39 is 0 Å². The van der Waals surface area contributed by atoms with Crippen LogP contribution in [0, 0.1) is 23.7 Å². The van der Waals surface area contributed by atoms with Crippen molar-refractivity contribution in [2.24, 2.45) is 23.7 Å². The molecule has 0 amide bonds. The van der Waals surface area contributed by atoms with Gasteiger partial charge >= 0.3 is 0 Å². The summed E-state index contributed by atoms with van der Waals surface area (Å²) in [7, 11) is 0. The van der Waals surface area contributed by atoms with Gasteiger partial charge in [0.15, 0.2) is 0 Å². The number of benzene rings is 7. The van der Waals surface area contributed by atoms with Gasteiger partial charge in [-0.05, 0) is 136 Å². The van der Waals surface area contributed by atoms with Gasteiger partial charge in [-0.3, -0.25) is 0 Å². The second kappa shape index (κ2) is 11.3. The molecule has 246 valence electrons. The van der Waals surface area contributed by atoms with Gasteiger partial charge in [0.05, 0.1) is 5.69 Å². The van der Waals surface area contributed by atoms with Crippen molar-refractivity contribution in [3.05, 3.63) is 175 Å². The summed E-state index contributed by atoms with van der Waals surface area (Å²) in [5, 5.41) is 2.49. The molecule has 1 heteroatoms. The fourth-order valence-electron chi connectivity index (χ4n) is 11.5. The molecule has 7 aromatic carbocycles. The molecule has 7 aromatic rings. The van der Waals surface area contributed by atoms with Crippen molar-refractivity contribution in [2.45, 2.75) is 37.5 Å². The molecule has 0 aromatic heterocycles. The lowest BCUT2D eigenvalue weighted by Gasteiger charge is -2.61. The van der Waals surface area contributed by atoms with Crippen LogP contribution in [0.1, 0.15) is 43.2 Å². The van der Waals surface area contributed by atoms with Crippen LogP contribution in [0.2, 0.25) is 0 Å². The molecule has 5 aliphatic carbocycles. The Balaban J connectivity index is 1.03. The first-order valence-corrected chi connectivity index (χ1v) is 19.0. The van der Waals surface area contributed by atoms with Crippen molar-refractivity contribution in [3.63, 3.8) is 0 Å². The Morgan fingerprint density at radius 3 is 1.71 bits per heavy atom. The summed E-state index contributed by atoms with van der Waals surface area (Å²) in [6.45, 7) is 0. The van der Waals surface area contributed by atoms with Gasteiger partial charge in [-0.25, -0.2) is 0 Å². The highest BCUT2D eigenvalue weighted by molar-refractivity contribution is 5.99. The first-order chi connectivity index (χ1) is 25.3. The van der Waals surface area contributed by atoms with Gasteiger partial charge in [0.25, 0.3) is 0 Å². The molecular weight excluding hydrogens is 615 g/mol. The largest absolute Gasteiger partial charge is 0.310 e. The lowest BCUT2D eigenvalue weighted by atomic mass is 9.43. The SMILES string of the molecule is c1ccc(-c2ccc(N(c3ccc(-c4cccc5c4-c4ccccc4C54C5CC6CC(C5)CC4C6)cc3)c3cccc4ccccc34)cc2)cc1. The highest BCUT2D eigenvalue weighted by Crippen LogP contribution is 2.70. The molecule has 0 saturated heterocycles. The monoisotopic (exact) mass is 655 g/mol. The van der Waals surface area contributed by atoms with Crippen molar-refractivity contribution in [1.82, 2.24) is 0 Å². The van der Waals surface area contributed by atoms with Crippen LogP contribution in [0.5, 0.6) is 0 Å². The standard InChI is InChI=1S/C50H41N/c1-2-10-35(11-3-1)36-20-24-41(25-21-36)51(48-19-8-13-37-12-4-5-14-43(37)48)42-26-22-38(23-27-42)44-16-9-18-47-49(44)45-15-6-7-17-46(45)50(47)39-29-33-28-34(31-39)32-40(50)30-33/h1-27,33-34,39-40H,28-32H2. The second-order valence-electron chi connectivity index (χ2n) is 15.7. The van der Waals surface area contributed by atoms with Crippen molar-refractivity contribution >= 4 is 27.8 Å². The van der Waals surface area contributed by atoms with Gasteiger partial charge in [-0.2, -0.15) is 0 Å². The van der Waals surface area contributed by atoms with Crippen LogP contribution in [0.25, 0.3) is 44.2 Å². The number of nitrogens with zero attached hydrogens (tertiary/aromatic N) is 1. The van der Waals surface area contributed by atoms with Gasteiger partial charge in [0.1, 0.15) is 0 Å². The smallest absolute Gasteiger partial charge is 0.0540 e. The maximum absolute atomic E-state index is 2.51. The molecule has 4 bridgehead atoms. The Morgan fingerprint density at radius 2 is 0.961 bits per heavy atom. The summed E-state index contributed by atoms with van der Waals surface area (Å²) in [5.74, 6) is 3.45. The van der Waals surface area contributed by atoms with E-state index >= 15 is 0 Å². The van der Waals surface area contributed by atoms with Crippen LogP contribution in [-0.4, -0.2) is 0 Å². The van der Waals surface area contributed by atoms with Crippen LogP contribution in [-0.2, 0) is 5.41 Å². The Kier molecular flexibility index (Phi) is 6.50. The zero-order valence-electron chi connectivity index (χ0n) is 28.9. The molecule has 1 nitrogen and oxygen atoms in total. The van der Waals surface area contributed by atoms with E-state index in [4.69, 9.17) is 0 Å². The van der Waals surface area contributed by atoms with Gasteiger partial charge in [-0.1, -0.05) is 133 Å². The van der Waals surface area contributed by atoms with E-state index in [0.717, 1.165) is 35.0 Å². The first kappa shape index (κ1) is 29.3. The highest BCUT2D eigenvalue weighted by atomic mass is 15.1. The molecule has 51 heavy (non-hydrogen) atoms. The maximum Gasteiger partial charge on any atom is 0.0540 e. The zero-order valence-corrected chi connectivity index (χ0v) is 28.9. The van der Waals surface area contributed by atoms with Crippen molar-refractivity contribution < 1.29 is 0 Å². The third kappa shape index (κ3) is 4.34. The molecular formula is C50H41N. The Bertz CT molecular complexity index is 2390. The van der Waals surface area contributed by atoms with E-state index in [1.54, 1.807) is 11.1 Å². The molecule has 5 aliphatic rings. The quantitative estimate of drug-likeness (QED) is 0.178. The number of anilines is 3. The lowest BCUT2D eigenvalue weighted by molar-refractivity contribution is -0.0399. The fourth-order valence-corrected chi connectivity index (χ4v) is 11.5. The fraction of sp³-hybridized carbons (Fsp3) is 0.200. The van der Waals surface area contributed by atoms with Crippen molar-refractivity contribution in [2.75, 3.05) is 4.90 Å². The Hall–Kier alpha value is -5.40. The van der Waals surface area contributed by atoms with Gasteiger partial charge in [0, 0.05) is 22.2 Å². The topological polar surface area (TPSA) is 3.24 Å².